The van der Waals surface area contributed by atoms with Gasteiger partial charge in [0.2, 0.25) is 0 Å². The van der Waals surface area contributed by atoms with Crippen LogP contribution in [0.5, 0.6) is 11.5 Å². The van der Waals surface area contributed by atoms with E-state index in [0.29, 0.717) is 11.3 Å². The van der Waals surface area contributed by atoms with Crippen LogP contribution in [0, 0.1) is 17.1 Å². The van der Waals surface area contributed by atoms with Gasteiger partial charge in [0, 0.05) is 4.47 Å². The van der Waals surface area contributed by atoms with Gasteiger partial charge in [0.25, 0.3) is 0 Å². The lowest BCUT2D eigenvalue weighted by Gasteiger charge is -2.08. The Morgan fingerprint density at radius 3 is 2.59 bits per heavy atom. The fourth-order valence-electron chi connectivity index (χ4n) is 1.32. The molecule has 84 valence electrons. The number of nitriles is 1. The number of hydrogen-bond acceptors (Lipinski definition) is 2. The Morgan fingerprint density at radius 1 is 1.12 bits per heavy atom. The van der Waals surface area contributed by atoms with Crippen molar-refractivity contribution in [2.45, 2.75) is 0 Å². The van der Waals surface area contributed by atoms with Crippen molar-refractivity contribution in [1.82, 2.24) is 0 Å². The first-order valence-corrected chi connectivity index (χ1v) is 5.62. The van der Waals surface area contributed by atoms with Crippen molar-refractivity contribution in [3.8, 4) is 17.6 Å². The average Bonchev–Trinajstić information content (AvgIpc) is 2.32. The van der Waals surface area contributed by atoms with E-state index < -0.39 is 5.82 Å². The molecule has 0 spiro atoms. The molecular formula is C13H7BrFNO. The molecule has 0 saturated carbocycles. The molecule has 0 atom stereocenters. The molecule has 0 aliphatic heterocycles. The zero-order valence-electron chi connectivity index (χ0n) is 8.65. The zero-order valence-corrected chi connectivity index (χ0v) is 10.2. The molecule has 0 aromatic heterocycles. The van der Waals surface area contributed by atoms with Crippen LogP contribution in [0.4, 0.5) is 4.39 Å². The molecule has 2 nitrogen and oxygen atoms in total. The fourth-order valence-corrected chi connectivity index (χ4v) is 1.66. The lowest BCUT2D eigenvalue weighted by Crippen LogP contribution is -1.90. The van der Waals surface area contributed by atoms with E-state index in [1.54, 1.807) is 30.3 Å². The summed E-state index contributed by atoms with van der Waals surface area (Å²) in [6.07, 6.45) is 0. The largest absolute Gasteiger partial charge is 0.453 e. The molecule has 0 saturated heterocycles. The molecule has 0 unspecified atom stereocenters. The molecule has 0 heterocycles. The normalized spacial score (nSPS) is 9.71. The van der Waals surface area contributed by atoms with Gasteiger partial charge in [0.1, 0.15) is 11.8 Å². The quantitative estimate of drug-likeness (QED) is 0.828. The topological polar surface area (TPSA) is 33.0 Å². The second-order valence-electron chi connectivity index (χ2n) is 3.28. The van der Waals surface area contributed by atoms with Crippen LogP contribution in [0.25, 0.3) is 0 Å². The lowest BCUT2D eigenvalue weighted by molar-refractivity contribution is 0.441. The van der Waals surface area contributed by atoms with Crippen LogP contribution < -0.4 is 4.74 Å². The van der Waals surface area contributed by atoms with Gasteiger partial charge in [0.05, 0.1) is 5.56 Å². The predicted octanol–water partition coefficient (Wildman–Crippen LogP) is 4.25. The summed E-state index contributed by atoms with van der Waals surface area (Å²) < 4.78 is 19.5. The Bertz CT molecular complexity index is 592. The third-order valence-corrected chi connectivity index (χ3v) is 2.61. The number of rotatable bonds is 2. The van der Waals surface area contributed by atoms with Crippen molar-refractivity contribution < 1.29 is 9.13 Å². The number of ether oxygens (including phenoxy) is 1. The van der Waals surface area contributed by atoms with Crippen LogP contribution in [0.3, 0.4) is 0 Å². The average molecular weight is 292 g/mol. The van der Waals surface area contributed by atoms with Gasteiger partial charge in [-0.3, -0.25) is 0 Å². The molecule has 0 radical (unpaired) electrons. The van der Waals surface area contributed by atoms with E-state index in [1.165, 1.54) is 12.1 Å². The number of benzene rings is 2. The number of hydrogen-bond donors (Lipinski definition) is 0. The van der Waals surface area contributed by atoms with Crippen LogP contribution in [0.1, 0.15) is 5.56 Å². The van der Waals surface area contributed by atoms with Gasteiger partial charge in [-0.1, -0.05) is 28.1 Å². The summed E-state index contributed by atoms with van der Waals surface area (Å²) in [4.78, 5) is 0. The van der Waals surface area contributed by atoms with Crippen molar-refractivity contribution in [2.75, 3.05) is 0 Å². The summed E-state index contributed by atoms with van der Waals surface area (Å²) in [5.41, 5.74) is 0.358. The summed E-state index contributed by atoms with van der Waals surface area (Å²) in [6, 6.07) is 13.0. The summed E-state index contributed by atoms with van der Waals surface area (Å²) >= 11 is 3.27. The first-order chi connectivity index (χ1) is 8.20. The second-order valence-corrected chi connectivity index (χ2v) is 4.20. The molecule has 0 amide bonds. The minimum Gasteiger partial charge on any atom is -0.453 e. The molecule has 2 aromatic rings. The minimum atomic E-state index is -0.462. The van der Waals surface area contributed by atoms with E-state index >= 15 is 0 Å². The number of nitrogens with zero attached hydrogens (tertiary/aromatic N) is 1. The van der Waals surface area contributed by atoms with Gasteiger partial charge in [-0.25, -0.2) is 4.39 Å². The molecular weight excluding hydrogens is 285 g/mol. The minimum absolute atomic E-state index is 0.0992. The highest BCUT2D eigenvalue weighted by atomic mass is 79.9. The first kappa shape index (κ1) is 11.6. The predicted molar refractivity (Wildman–Crippen MR) is 65.3 cm³/mol. The van der Waals surface area contributed by atoms with Crippen LogP contribution in [-0.2, 0) is 0 Å². The van der Waals surface area contributed by atoms with Gasteiger partial charge >= 0.3 is 0 Å². The van der Waals surface area contributed by atoms with E-state index in [-0.39, 0.29) is 5.75 Å². The van der Waals surface area contributed by atoms with Crippen LogP contribution >= 0.6 is 15.9 Å². The maximum Gasteiger partial charge on any atom is 0.165 e. The highest BCUT2D eigenvalue weighted by molar-refractivity contribution is 9.10. The van der Waals surface area contributed by atoms with Gasteiger partial charge < -0.3 is 4.74 Å². The summed E-state index contributed by atoms with van der Waals surface area (Å²) in [5, 5.41) is 8.92. The highest BCUT2D eigenvalue weighted by Gasteiger charge is 2.08. The monoisotopic (exact) mass is 291 g/mol. The van der Waals surface area contributed by atoms with E-state index in [9.17, 15) is 4.39 Å². The Hall–Kier alpha value is -1.86. The van der Waals surface area contributed by atoms with Crippen molar-refractivity contribution in [3.05, 3.63) is 58.3 Å². The van der Waals surface area contributed by atoms with Crippen molar-refractivity contribution in [3.63, 3.8) is 0 Å². The van der Waals surface area contributed by atoms with Crippen LogP contribution in [0.2, 0.25) is 0 Å². The summed E-state index contributed by atoms with van der Waals surface area (Å²) in [5.74, 6) is -0.0366. The smallest absolute Gasteiger partial charge is 0.165 e. The Labute approximate surface area is 106 Å². The van der Waals surface area contributed by atoms with Gasteiger partial charge in [-0.15, -0.1) is 0 Å². The Kier molecular flexibility index (Phi) is 3.40. The van der Waals surface area contributed by atoms with Crippen molar-refractivity contribution >= 4 is 15.9 Å². The van der Waals surface area contributed by atoms with Crippen LogP contribution in [0.15, 0.2) is 46.9 Å². The lowest BCUT2D eigenvalue weighted by atomic mass is 10.2. The molecule has 17 heavy (non-hydrogen) atoms. The molecule has 0 aliphatic rings. The summed E-state index contributed by atoms with van der Waals surface area (Å²) in [6.45, 7) is 0. The molecule has 2 aromatic carbocycles. The maximum atomic E-state index is 13.4. The molecule has 0 fully saturated rings. The molecule has 0 bridgehead atoms. The van der Waals surface area contributed by atoms with Crippen LogP contribution in [-0.4, -0.2) is 0 Å². The van der Waals surface area contributed by atoms with E-state index in [2.05, 4.69) is 15.9 Å². The van der Waals surface area contributed by atoms with Gasteiger partial charge in [0.15, 0.2) is 11.6 Å². The Balaban J connectivity index is 2.40. The van der Waals surface area contributed by atoms with Gasteiger partial charge in [-0.2, -0.15) is 5.26 Å². The van der Waals surface area contributed by atoms with Crippen molar-refractivity contribution in [1.29, 1.82) is 5.26 Å². The maximum absolute atomic E-state index is 13.4. The number of para-hydroxylation sites is 1. The fraction of sp³-hybridized carbons (Fsp3) is 0. The van der Waals surface area contributed by atoms with E-state index in [1.807, 2.05) is 6.07 Å². The third kappa shape index (κ3) is 2.63. The van der Waals surface area contributed by atoms with E-state index in [0.717, 1.165) is 4.47 Å². The molecule has 0 aliphatic carbocycles. The summed E-state index contributed by atoms with van der Waals surface area (Å²) in [7, 11) is 0. The molecule has 0 N–H and O–H groups in total. The third-order valence-electron chi connectivity index (χ3n) is 2.12. The SMILES string of the molecule is N#Cc1ccc(Br)cc1Oc1ccccc1F. The second kappa shape index (κ2) is 4.98. The standard InChI is InChI=1S/C13H7BrFNO/c14-10-6-5-9(8-16)13(7-10)17-12-4-2-1-3-11(12)15/h1-7H. The molecule has 4 heteroatoms. The number of halogens is 2. The Morgan fingerprint density at radius 2 is 1.88 bits per heavy atom. The molecule has 2 rings (SSSR count). The first-order valence-electron chi connectivity index (χ1n) is 4.83. The highest BCUT2D eigenvalue weighted by Crippen LogP contribution is 2.29. The van der Waals surface area contributed by atoms with E-state index in [4.69, 9.17) is 10.00 Å². The van der Waals surface area contributed by atoms with Gasteiger partial charge in [-0.05, 0) is 30.3 Å². The van der Waals surface area contributed by atoms with Crippen molar-refractivity contribution in [2.24, 2.45) is 0 Å². The zero-order chi connectivity index (χ0) is 12.3.